The molecule has 1 fully saturated rings. The number of carbonyl (C=O) groups excluding carboxylic acids is 4. The van der Waals surface area contributed by atoms with Gasteiger partial charge in [-0.25, -0.2) is 14.6 Å². The van der Waals surface area contributed by atoms with Crippen LogP contribution in [-0.4, -0.2) is 98.8 Å². The number of Topliss-reactive ketones (excluding diaryl/α,β-unsaturated/α-hetero) is 1. The van der Waals surface area contributed by atoms with E-state index >= 15 is 0 Å². The first-order valence-electron chi connectivity index (χ1n) is 21.2. The number of benzene rings is 2. The van der Waals surface area contributed by atoms with Gasteiger partial charge >= 0.3 is 18.1 Å². The van der Waals surface area contributed by atoms with E-state index in [9.17, 15) is 39.6 Å². The van der Waals surface area contributed by atoms with E-state index in [1.807, 2.05) is 45.0 Å². The highest BCUT2D eigenvalue weighted by molar-refractivity contribution is 7.18. The van der Waals surface area contributed by atoms with Gasteiger partial charge in [-0.1, -0.05) is 74.9 Å². The Balaban J connectivity index is 1.29. The van der Waals surface area contributed by atoms with Crippen LogP contribution in [0.4, 0.5) is 4.79 Å². The largest absolute Gasteiger partial charge is 0.508 e. The molecule has 15 nitrogen and oxygen atoms in total. The lowest BCUT2D eigenvalue weighted by Gasteiger charge is -2.39. The summed E-state index contributed by atoms with van der Waals surface area (Å²) in [4.78, 5) is 58.5. The maximum Gasteiger partial charge on any atom is 0.508 e. The third-order valence-corrected chi connectivity index (χ3v) is 12.8. The molecule has 2 aliphatic heterocycles. The van der Waals surface area contributed by atoms with Gasteiger partial charge in [0.15, 0.2) is 6.10 Å². The normalized spacial score (nSPS) is 28.3. The maximum atomic E-state index is 14.5. The van der Waals surface area contributed by atoms with Crippen LogP contribution >= 0.6 is 22.9 Å². The zero-order valence-electron chi connectivity index (χ0n) is 36.6. The Morgan fingerprint density at radius 1 is 1.02 bits per heavy atom. The summed E-state index contributed by atoms with van der Waals surface area (Å²) in [6, 6.07) is 10.1. The van der Waals surface area contributed by atoms with Gasteiger partial charge in [0.25, 0.3) is 0 Å². The number of aryl methyl sites for hydroxylation is 1. The number of aliphatic hydroxyl groups is 4. The second-order valence-electron chi connectivity index (χ2n) is 16.9. The number of rotatable bonds is 11. The van der Waals surface area contributed by atoms with Crippen LogP contribution in [0.3, 0.4) is 0 Å². The third-order valence-electron chi connectivity index (χ3n) is 11.6. The van der Waals surface area contributed by atoms with E-state index in [1.54, 1.807) is 31.3 Å². The number of allylic oxidation sites excluding steroid dienone is 2. The molecule has 1 saturated heterocycles. The summed E-state index contributed by atoms with van der Waals surface area (Å²) < 4.78 is 34.5. The molecule has 64 heavy (non-hydrogen) atoms. The first kappa shape index (κ1) is 50.3. The van der Waals surface area contributed by atoms with Crippen molar-refractivity contribution < 1.29 is 68.0 Å². The molecule has 0 amide bonds. The molecule has 0 bridgehead atoms. The smallest absolute Gasteiger partial charge is 0.460 e. The monoisotopic (exact) mass is 927 g/mol. The van der Waals surface area contributed by atoms with Gasteiger partial charge < -0.3 is 48.8 Å². The van der Waals surface area contributed by atoms with E-state index in [1.165, 1.54) is 24.3 Å². The van der Waals surface area contributed by atoms with Crippen molar-refractivity contribution in [2.24, 2.45) is 17.3 Å². The molecular weight excluding hydrogens is 870 g/mol. The van der Waals surface area contributed by atoms with Gasteiger partial charge in [-0.3, -0.25) is 9.59 Å². The molecule has 4 N–H and O–H groups in total. The molecule has 2 aromatic carbocycles. The minimum absolute atomic E-state index is 0.0174. The van der Waals surface area contributed by atoms with Crippen molar-refractivity contribution in [1.29, 1.82) is 0 Å². The lowest BCUT2D eigenvalue weighted by Crippen LogP contribution is -2.61. The Morgan fingerprint density at radius 2 is 1.77 bits per heavy atom. The predicted octanol–water partition coefficient (Wildman–Crippen LogP) is 7.18. The number of cyclic esters (lactones) is 1. The summed E-state index contributed by atoms with van der Waals surface area (Å²) in [5.74, 6) is -3.46. The van der Waals surface area contributed by atoms with Crippen LogP contribution in [-0.2, 0) is 44.7 Å². The van der Waals surface area contributed by atoms with Crippen LogP contribution in [0.15, 0.2) is 73.4 Å². The van der Waals surface area contributed by atoms with E-state index in [0.717, 1.165) is 26.4 Å². The summed E-state index contributed by atoms with van der Waals surface area (Å²) in [5, 5.41) is 43.6. The van der Waals surface area contributed by atoms with E-state index in [2.05, 4.69) is 18.1 Å². The van der Waals surface area contributed by atoms with Crippen LogP contribution in [0.5, 0.6) is 5.75 Å². The lowest BCUT2D eigenvalue weighted by atomic mass is 9.71. The number of hydrogen-bond donors (Lipinski definition) is 4. The molecule has 5 rings (SSSR count). The van der Waals surface area contributed by atoms with Gasteiger partial charge in [0.1, 0.15) is 55.3 Å². The Kier molecular flexibility index (Phi) is 17.7. The van der Waals surface area contributed by atoms with Gasteiger partial charge in [0, 0.05) is 6.42 Å². The number of halogens is 1. The second kappa shape index (κ2) is 22.5. The highest BCUT2D eigenvalue weighted by Gasteiger charge is 2.49. The molecule has 10 atom stereocenters. The van der Waals surface area contributed by atoms with Crippen molar-refractivity contribution in [2.45, 2.75) is 129 Å². The van der Waals surface area contributed by atoms with Crippen molar-refractivity contribution in [3.05, 3.63) is 94.5 Å². The number of nitrogens with zero attached hydrogens (tertiary/aromatic N) is 1. The minimum Gasteiger partial charge on any atom is -0.460 e. The van der Waals surface area contributed by atoms with Crippen LogP contribution in [0.2, 0.25) is 5.02 Å². The first-order chi connectivity index (χ1) is 30.3. The fraction of sp³-hybridized carbons (Fsp3) is 0.511. The molecule has 0 saturated carbocycles. The number of ketones is 1. The number of hydrogen-bond acceptors (Lipinski definition) is 16. The number of fused-ring (bicyclic) bond motifs is 1. The van der Waals surface area contributed by atoms with Crippen molar-refractivity contribution in [3.63, 3.8) is 0 Å². The number of aliphatic hydroxyl groups excluding tert-OH is 4. The first-order valence-corrected chi connectivity index (χ1v) is 22.3. The molecule has 3 heterocycles. The lowest BCUT2D eigenvalue weighted by molar-refractivity contribution is -0.272. The maximum absolute atomic E-state index is 14.5. The third kappa shape index (κ3) is 12.6. The molecule has 0 aliphatic carbocycles. The Labute approximate surface area is 381 Å². The Bertz CT molecular complexity index is 2190. The molecule has 0 unspecified atom stereocenters. The molecular formula is C47H58ClNO14S. The van der Waals surface area contributed by atoms with Crippen LogP contribution in [0.25, 0.3) is 10.2 Å². The second-order valence-corrected chi connectivity index (χ2v) is 18.5. The molecule has 2 aliphatic rings. The molecule has 0 spiro atoms. The van der Waals surface area contributed by atoms with Crippen LogP contribution < -0.4 is 4.74 Å². The summed E-state index contributed by atoms with van der Waals surface area (Å²) >= 11 is 8.05. The van der Waals surface area contributed by atoms with Gasteiger partial charge in [-0.2, -0.15) is 0 Å². The summed E-state index contributed by atoms with van der Waals surface area (Å²) in [7, 11) is 0. The van der Waals surface area contributed by atoms with Crippen molar-refractivity contribution >= 4 is 57.0 Å². The number of ether oxygens (including phenoxy) is 6. The van der Waals surface area contributed by atoms with Crippen molar-refractivity contribution in [1.82, 2.24) is 4.98 Å². The molecule has 3 aromatic rings. The Hall–Kier alpha value is -4.68. The zero-order valence-corrected chi connectivity index (χ0v) is 38.2. The highest BCUT2D eigenvalue weighted by Crippen LogP contribution is 2.37. The summed E-state index contributed by atoms with van der Waals surface area (Å²) in [6.45, 7) is 15.7. The van der Waals surface area contributed by atoms with Gasteiger partial charge in [-0.05, 0) is 80.8 Å². The topological polar surface area (TPSA) is 217 Å². The van der Waals surface area contributed by atoms with Gasteiger partial charge in [0.05, 0.1) is 44.1 Å². The summed E-state index contributed by atoms with van der Waals surface area (Å²) in [5.41, 5.74) is 1.55. The fourth-order valence-electron chi connectivity index (χ4n) is 7.72. The minimum atomic E-state index is -1.82. The fourth-order valence-corrected chi connectivity index (χ4v) is 8.78. The van der Waals surface area contributed by atoms with Gasteiger partial charge in [0.2, 0.25) is 6.29 Å². The SMILES string of the molecule is C=CCOC(=O)[C@H]1O[C@@H](Oc2ccc(COC(=O)O[C@H]3[C@@H](C)CCCC(C)=CC[C@@H](c4ccc5sc(C)nc5c4)OC(=O)C[C@H](O)C(C)(C)C(=O)[C@@H]3CC=C)cc2Cl)[C@H](O)[C@@H](O)[C@@H]1O. The van der Waals surface area contributed by atoms with E-state index in [-0.39, 0.29) is 36.3 Å². The molecule has 348 valence electrons. The van der Waals surface area contributed by atoms with E-state index in [0.29, 0.717) is 31.2 Å². The molecule has 17 heteroatoms. The average molecular weight is 928 g/mol. The summed E-state index contributed by atoms with van der Waals surface area (Å²) in [6.07, 6.45) is -6.03. The standard InChI is InChI=1S/C47H58ClNO14S/c1-8-11-30-41(63-46(57)59-24-28-15-18-34(31(48)21-28)61-45-40(54)38(52)39(53)42(62-45)44(56)58-20-9-2)26(4)13-10-12-25(3)14-17-33(29-16-19-35-32(22-29)49-27(5)64-35)60-37(51)23-36(50)47(6,7)43(30)55/h8-9,14-16,18-19,21-22,26,30,33,36,38-42,45,50,52-54H,1-2,10-13,17,20,23-24H2,3-7H3/t26-,30+,33-,36-,38-,39-,40+,41-,42-,45+/m0/s1. The van der Waals surface area contributed by atoms with Crippen molar-refractivity contribution in [3.8, 4) is 5.75 Å². The molecule has 0 radical (unpaired) electrons. The van der Waals surface area contributed by atoms with Crippen LogP contribution in [0, 0.1) is 24.2 Å². The quantitative estimate of drug-likeness (QED) is 0.0851. The number of esters is 2. The van der Waals surface area contributed by atoms with E-state index in [4.69, 9.17) is 40.0 Å². The predicted molar refractivity (Wildman–Crippen MR) is 237 cm³/mol. The highest BCUT2D eigenvalue weighted by atomic mass is 35.5. The average Bonchev–Trinajstić information content (AvgIpc) is 3.64. The van der Waals surface area contributed by atoms with Crippen LogP contribution in [0.1, 0.15) is 88.5 Å². The van der Waals surface area contributed by atoms with Gasteiger partial charge in [-0.15, -0.1) is 17.9 Å². The van der Waals surface area contributed by atoms with E-state index < -0.39 is 90.6 Å². The number of carbonyl (C=O) groups is 4. The number of aromatic nitrogens is 1. The number of thiazole rings is 1. The zero-order chi connectivity index (χ0) is 46.9. The molecule has 1 aromatic heterocycles. The van der Waals surface area contributed by atoms with Crippen molar-refractivity contribution in [2.75, 3.05) is 6.61 Å². The Morgan fingerprint density at radius 3 is 2.47 bits per heavy atom.